The molecule has 0 fully saturated rings. The van der Waals surface area contributed by atoms with Crippen molar-refractivity contribution in [1.29, 1.82) is 0 Å². The fourth-order valence-electron chi connectivity index (χ4n) is 2.16. The number of alkyl halides is 2. The molecule has 23 heavy (non-hydrogen) atoms. The summed E-state index contributed by atoms with van der Waals surface area (Å²) in [6.45, 7) is 3.55. The van der Waals surface area contributed by atoms with Crippen molar-refractivity contribution in [2.24, 2.45) is 5.92 Å². The van der Waals surface area contributed by atoms with E-state index in [0.717, 1.165) is 4.57 Å². The number of aromatic nitrogens is 3. The highest BCUT2D eigenvalue weighted by Gasteiger charge is 2.32. The number of H-pyrrole nitrogens is 1. The summed E-state index contributed by atoms with van der Waals surface area (Å²) in [4.78, 5) is 38.7. The number of rotatable bonds is 5. The van der Waals surface area contributed by atoms with E-state index in [1.807, 2.05) is 0 Å². The van der Waals surface area contributed by atoms with Crippen LogP contribution in [0.2, 0.25) is 0 Å². The van der Waals surface area contributed by atoms with Gasteiger partial charge in [0.25, 0.3) is 5.56 Å². The molecular weight excluding hydrogens is 308 g/mol. The number of carbonyl (C=O) groups is 1. The maximum Gasteiger partial charge on any atom is 0.416 e. The third kappa shape index (κ3) is 3.41. The molecular formula is C15H16F2N3O3+. The average molecular weight is 324 g/mol. The number of halogens is 2. The normalized spacial score (nSPS) is 11.2. The Labute approximate surface area is 130 Å². The maximum atomic E-state index is 12.9. The van der Waals surface area contributed by atoms with Gasteiger partial charge in [-0.05, 0) is 18.1 Å². The van der Waals surface area contributed by atoms with Crippen molar-refractivity contribution in [2.45, 2.75) is 26.8 Å². The van der Waals surface area contributed by atoms with Gasteiger partial charge in [0.2, 0.25) is 5.78 Å². The fourth-order valence-corrected chi connectivity index (χ4v) is 2.16. The van der Waals surface area contributed by atoms with Gasteiger partial charge in [0.05, 0.1) is 12.4 Å². The molecule has 0 atom stereocenters. The van der Waals surface area contributed by atoms with Crippen molar-refractivity contribution in [1.82, 2.24) is 9.55 Å². The lowest BCUT2D eigenvalue weighted by Gasteiger charge is -2.09. The highest BCUT2D eigenvalue weighted by Crippen LogP contribution is 2.07. The zero-order valence-electron chi connectivity index (χ0n) is 12.6. The molecule has 0 spiro atoms. The number of carbonyl (C=O) groups excluding carboxylic acids is 1. The topological polar surface area (TPSA) is 75.8 Å². The molecule has 6 nitrogen and oxygen atoms in total. The highest BCUT2D eigenvalue weighted by molar-refractivity contribution is 6.00. The summed E-state index contributed by atoms with van der Waals surface area (Å²) < 4.78 is 27.8. The number of aromatic amines is 1. The summed E-state index contributed by atoms with van der Waals surface area (Å²) >= 11 is 0. The molecule has 2 rings (SSSR count). The van der Waals surface area contributed by atoms with E-state index in [2.05, 4.69) is 4.98 Å². The first-order chi connectivity index (χ1) is 10.8. The smallest absolute Gasteiger partial charge is 0.287 e. The Morgan fingerprint density at radius 3 is 2.35 bits per heavy atom. The van der Waals surface area contributed by atoms with Gasteiger partial charge in [-0.3, -0.25) is 9.59 Å². The largest absolute Gasteiger partial charge is 0.416 e. The van der Waals surface area contributed by atoms with Gasteiger partial charge in [-0.25, -0.2) is 22.7 Å². The van der Waals surface area contributed by atoms with Crippen molar-refractivity contribution in [3.05, 3.63) is 57.0 Å². The molecule has 0 radical (unpaired) electrons. The van der Waals surface area contributed by atoms with Gasteiger partial charge >= 0.3 is 17.9 Å². The number of hydrogen-bond acceptors (Lipinski definition) is 3. The van der Waals surface area contributed by atoms with Crippen LogP contribution in [-0.2, 0) is 6.54 Å². The van der Waals surface area contributed by atoms with E-state index in [-0.39, 0.29) is 18.3 Å². The van der Waals surface area contributed by atoms with Crippen LogP contribution < -0.4 is 15.8 Å². The summed E-state index contributed by atoms with van der Waals surface area (Å²) in [6, 6.07) is 4.83. The van der Waals surface area contributed by atoms with Crippen LogP contribution in [0.5, 0.6) is 0 Å². The standard InChI is InChI=1S/C15H15F2N3O3/c1-9(2)8-20-14(22)10(11(21)12(16)17)13(18-15(20)23)19-6-4-3-5-7-19/h3-7,9,12H,8H2,1-2H3/p+1. The molecule has 8 heteroatoms. The Hall–Kier alpha value is -2.64. The van der Waals surface area contributed by atoms with Gasteiger partial charge in [-0.1, -0.05) is 19.9 Å². The van der Waals surface area contributed by atoms with E-state index in [1.54, 1.807) is 32.0 Å². The quantitative estimate of drug-likeness (QED) is 0.656. The number of nitrogens with one attached hydrogen (secondary N) is 1. The average Bonchev–Trinajstić information content (AvgIpc) is 2.51. The molecule has 0 unspecified atom stereocenters. The van der Waals surface area contributed by atoms with Gasteiger partial charge in [0.1, 0.15) is 0 Å². The molecule has 1 N–H and O–H groups in total. The lowest BCUT2D eigenvalue weighted by Crippen LogP contribution is -2.47. The van der Waals surface area contributed by atoms with Crippen molar-refractivity contribution < 1.29 is 18.1 Å². The maximum absolute atomic E-state index is 12.9. The van der Waals surface area contributed by atoms with Crippen molar-refractivity contribution in [2.75, 3.05) is 0 Å². The molecule has 2 aromatic heterocycles. The zero-order valence-corrected chi connectivity index (χ0v) is 12.6. The van der Waals surface area contributed by atoms with Crippen LogP contribution in [0.4, 0.5) is 8.78 Å². The molecule has 0 bridgehead atoms. The van der Waals surface area contributed by atoms with E-state index < -0.39 is 29.0 Å². The number of pyridine rings is 1. The molecule has 0 aliphatic rings. The van der Waals surface area contributed by atoms with Gasteiger partial charge in [-0.2, -0.15) is 4.98 Å². The number of nitrogens with zero attached hydrogens (tertiary/aromatic N) is 2. The molecule has 0 aliphatic heterocycles. The lowest BCUT2D eigenvalue weighted by atomic mass is 10.1. The summed E-state index contributed by atoms with van der Waals surface area (Å²) in [7, 11) is 0. The predicted molar refractivity (Wildman–Crippen MR) is 78.0 cm³/mol. The third-order valence-corrected chi connectivity index (χ3v) is 3.13. The Balaban J connectivity index is 2.80. The van der Waals surface area contributed by atoms with Crippen LogP contribution in [-0.4, -0.2) is 21.8 Å². The highest BCUT2D eigenvalue weighted by atomic mass is 19.3. The SMILES string of the molecule is CC(C)Cn1c(=O)[nH]c(-[n+]2ccccc2)c(C(=O)C(F)F)c1=O. The molecule has 0 saturated heterocycles. The minimum Gasteiger partial charge on any atom is -0.287 e. The molecule has 0 aliphatic carbocycles. The van der Waals surface area contributed by atoms with Crippen LogP contribution in [0.3, 0.4) is 0 Å². The van der Waals surface area contributed by atoms with E-state index in [1.165, 1.54) is 17.0 Å². The van der Waals surface area contributed by atoms with Gasteiger partial charge in [0, 0.05) is 6.54 Å². The van der Waals surface area contributed by atoms with Gasteiger partial charge < -0.3 is 0 Å². The second-order valence-corrected chi connectivity index (χ2v) is 5.41. The zero-order chi connectivity index (χ0) is 17.1. The Morgan fingerprint density at radius 1 is 1.22 bits per heavy atom. The van der Waals surface area contributed by atoms with E-state index >= 15 is 0 Å². The second kappa shape index (κ2) is 6.64. The van der Waals surface area contributed by atoms with E-state index in [9.17, 15) is 23.2 Å². The first-order valence-corrected chi connectivity index (χ1v) is 6.99. The Kier molecular flexibility index (Phi) is 4.83. The molecule has 0 saturated carbocycles. The Morgan fingerprint density at radius 2 is 1.83 bits per heavy atom. The summed E-state index contributed by atoms with van der Waals surface area (Å²) in [6.07, 6.45) is -0.455. The lowest BCUT2D eigenvalue weighted by molar-refractivity contribution is -0.600. The van der Waals surface area contributed by atoms with Crippen molar-refractivity contribution >= 4 is 5.78 Å². The van der Waals surface area contributed by atoms with Crippen LogP contribution >= 0.6 is 0 Å². The molecule has 2 heterocycles. The van der Waals surface area contributed by atoms with Gasteiger partial charge in [0.15, 0.2) is 5.56 Å². The van der Waals surface area contributed by atoms with Crippen LogP contribution in [0.25, 0.3) is 5.82 Å². The molecule has 2 aromatic rings. The Bertz CT molecular complexity index is 826. The number of ketones is 1. The summed E-state index contributed by atoms with van der Waals surface area (Å²) in [5.41, 5.74) is -2.49. The van der Waals surface area contributed by atoms with Crippen molar-refractivity contribution in [3.63, 3.8) is 0 Å². The predicted octanol–water partition coefficient (Wildman–Crippen LogP) is 0.917. The monoisotopic (exact) mass is 324 g/mol. The number of Topliss-reactive ketones (excluding diaryl/α,β-unsaturated/α-hetero) is 1. The number of hydrogen-bond donors (Lipinski definition) is 1. The summed E-state index contributed by atoms with van der Waals surface area (Å²) in [5.74, 6) is -1.94. The molecule has 0 amide bonds. The molecule has 0 aromatic carbocycles. The second-order valence-electron chi connectivity index (χ2n) is 5.41. The first-order valence-electron chi connectivity index (χ1n) is 6.99. The van der Waals surface area contributed by atoms with Gasteiger partial charge in [-0.15, -0.1) is 0 Å². The first kappa shape index (κ1) is 16.7. The minimum absolute atomic E-state index is 0.0252. The third-order valence-electron chi connectivity index (χ3n) is 3.13. The van der Waals surface area contributed by atoms with Crippen LogP contribution in [0.1, 0.15) is 24.2 Å². The minimum atomic E-state index is -3.34. The van der Waals surface area contributed by atoms with Crippen molar-refractivity contribution in [3.8, 4) is 5.82 Å². The summed E-state index contributed by atoms with van der Waals surface area (Å²) in [5, 5.41) is 0. The fraction of sp³-hybridized carbons (Fsp3) is 0.333. The van der Waals surface area contributed by atoms with E-state index in [0.29, 0.717) is 0 Å². The van der Waals surface area contributed by atoms with Crippen LogP contribution in [0.15, 0.2) is 40.2 Å². The van der Waals surface area contributed by atoms with E-state index in [4.69, 9.17) is 0 Å². The van der Waals surface area contributed by atoms with Crippen LogP contribution in [0, 0.1) is 5.92 Å². The molecule has 122 valence electrons.